The van der Waals surface area contributed by atoms with E-state index >= 15 is 0 Å². The second kappa shape index (κ2) is 5.68. The van der Waals surface area contributed by atoms with Crippen molar-refractivity contribution in [1.82, 2.24) is 15.5 Å². The van der Waals surface area contributed by atoms with Crippen molar-refractivity contribution in [2.75, 3.05) is 6.54 Å². The van der Waals surface area contributed by atoms with Crippen LogP contribution in [0.5, 0.6) is 0 Å². The van der Waals surface area contributed by atoms with E-state index in [1.807, 2.05) is 0 Å². The monoisotopic (exact) mass is 253 g/mol. The number of rotatable bonds is 5. The van der Waals surface area contributed by atoms with Crippen LogP contribution in [0.3, 0.4) is 0 Å². The number of nitrogens with zero attached hydrogens (tertiary/aromatic N) is 2. The van der Waals surface area contributed by atoms with E-state index in [-0.39, 0.29) is 0 Å². The normalized spacial score (nSPS) is 10.8. The molecule has 0 aliphatic heterocycles. The lowest BCUT2D eigenvalue weighted by molar-refractivity contribution is 0.447. The van der Waals surface area contributed by atoms with Gasteiger partial charge in [-0.1, -0.05) is 0 Å². The van der Waals surface area contributed by atoms with Gasteiger partial charge in [-0.25, -0.2) is 8.78 Å². The molecular formula is C12H13F2N3O. The Morgan fingerprint density at radius 1 is 1.17 bits per heavy atom. The van der Waals surface area contributed by atoms with E-state index in [2.05, 4.69) is 15.5 Å². The Labute approximate surface area is 103 Å². The van der Waals surface area contributed by atoms with Gasteiger partial charge in [-0.05, 0) is 30.7 Å². The number of aryl methyl sites for hydroxylation is 1. The van der Waals surface area contributed by atoms with Gasteiger partial charge in [0.1, 0.15) is 11.6 Å². The van der Waals surface area contributed by atoms with Gasteiger partial charge in [0.2, 0.25) is 11.8 Å². The van der Waals surface area contributed by atoms with Crippen LogP contribution >= 0.6 is 0 Å². The first kappa shape index (κ1) is 12.6. The van der Waals surface area contributed by atoms with Crippen LogP contribution < -0.4 is 5.32 Å². The Morgan fingerprint density at radius 2 is 1.89 bits per heavy atom. The molecule has 6 heteroatoms. The molecule has 0 amide bonds. The first-order valence-electron chi connectivity index (χ1n) is 5.58. The largest absolute Gasteiger partial charge is 0.424 e. The maximum absolute atomic E-state index is 12.9. The van der Waals surface area contributed by atoms with Gasteiger partial charge in [0.15, 0.2) is 0 Å². The lowest BCUT2D eigenvalue weighted by Gasteiger charge is -2.03. The molecule has 1 aromatic carbocycles. The highest BCUT2D eigenvalue weighted by Crippen LogP contribution is 2.08. The molecule has 0 bridgehead atoms. The molecule has 0 saturated carbocycles. The van der Waals surface area contributed by atoms with Crippen LogP contribution in [0.25, 0.3) is 0 Å². The quantitative estimate of drug-likeness (QED) is 0.828. The van der Waals surface area contributed by atoms with Gasteiger partial charge < -0.3 is 9.73 Å². The van der Waals surface area contributed by atoms with Gasteiger partial charge in [0, 0.05) is 13.0 Å². The van der Waals surface area contributed by atoms with E-state index in [1.165, 1.54) is 12.1 Å². The van der Waals surface area contributed by atoms with E-state index < -0.39 is 11.6 Å². The number of benzene rings is 1. The average molecular weight is 253 g/mol. The zero-order chi connectivity index (χ0) is 13.0. The molecule has 0 spiro atoms. The van der Waals surface area contributed by atoms with Crippen molar-refractivity contribution in [3.8, 4) is 0 Å². The predicted octanol–water partition coefficient (Wildman–Crippen LogP) is 1.99. The minimum absolute atomic E-state index is 0.443. The molecule has 0 fully saturated rings. The van der Waals surface area contributed by atoms with Crippen LogP contribution in [-0.4, -0.2) is 16.7 Å². The molecule has 0 saturated heterocycles. The maximum atomic E-state index is 12.9. The zero-order valence-electron chi connectivity index (χ0n) is 9.91. The lowest BCUT2D eigenvalue weighted by Crippen LogP contribution is -2.17. The predicted molar refractivity (Wildman–Crippen MR) is 60.8 cm³/mol. The minimum Gasteiger partial charge on any atom is -0.424 e. The molecule has 2 aromatic rings. The number of hydrogen-bond donors (Lipinski definition) is 1. The van der Waals surface area contributed by atoms with Crippen LogP contribution in [0.15, 0.2) is 22.6 Å². The topological polar surface area (TPSA) is 51.0 Å². The fraction of sp³-hybridized carbons (Fsp3) is 0.333. The first-order valence-corrected chi connectivity index (χ1v) is 5.58. The summed E-state index contributed by atoms with van der Waals surface area (Å²) in [5.41, 5.74) is 0.613. The fourth-order valence-corrected chi connectivity index (χ4v) is 1.59. The van der Waals surface area contributed by atoms with Crippen molar-refractivity contribution in [3.63, 3.8) is 0 Å². The number of aromatic nitrogens is 2. The summed E-state index contributed by atoms with van der Waals surface area (Å²) in [5, 5.41) is 10.6. The second-order valence-corrected chi connectivity index (χ2v) is 3.92. The van der Waals surface area contributed by atoms with Crippen molar-refractivity contribution in [1.29, 1.82) is 0 Å². The summed E-state index contributed by atoms with van der Waals surface area (Å²) >= 11 is 0. The summed E-state index contributed by atoms with van der Waals surface area (Å²) in [6.45, 7) is 2.73. The highest BCUT2D eigenvalue weighted by Gasteiger charge is 2.03. The van der Waals surface area contributed by atoms with Gasteiger partial charge >= 0.3 is 0 Å². The summed E-state index contributed by atoms with van der Waals surface area (Å²) in [6.07, 6.45) is 0.530. The third-order valence-corrected chi connectivity index (χ3v) is 2.36. The Balaban J connectivity index is 1.78. The molecule has 0 atom stereocenters. The molecule has 1 N–H and O–H groups in total. The highest BCUT2D eigenvalue weighted by molar-refractivity contribution is 5.18. The third-order valence-electron chi connectivity index (χ3n) is 2.36. The Morgan fingerprint density at radius 3 is 2.50 bits per heavy atom. The van der Waals surface area contributed by atoms with Gasteiger partial charge in [0.25, 0.3) is 0 Å². The molecule has 18 heavy (non-hydrogen) atoms. The standard InChI is InChI=1S/C12H13F2N3O/c1-8-16-17-12(18-8)7-15-3-2-9-4-10(13)6-11(14)5-9/h4-6,15H,2-3,7H2,1H3. The summed E-state index contributed by atoms with van der Waals surface area (Å²) < 4.78 is 31.0. The van der Waals surface area contributed by atoms with Gasteiger partial charge in [-0.2, -0.15) is 0 Å². The van der Waals surface area contributed by atoms with Gasteiger partial charge in [0.05, 0.1) is 6.54 Å². The maximum Gasteiger partial charge on any atom is 0.230 e. The highest BCUT2D eigenvalue weighted by atomic mass is 19.1. The SMILES string of the molecule is Cc1nnc(CNCCc2cc(F)cc(F)c2)o1. The van der Waals surface area contributed by atoms with Crippen LogP contribution in [0.2, 0.25) is 0 Å². The van der Waals surface area contributed by atoms with Crippen molar-refractivity contribution in [3.05, 3.63) is 47.2 Å². The number of nitrogens with one attached hydrogen (secondary N) is 1. The molecular weight excluding hydrogens is 240 g/mol. The van der Waals surface area contributed by atoms with Crippen molar-refractivity contribution < 1.29 is 13.2 Å². The lowest BCUT2D eigenvalue weighted by atomic mass is 10.1. The van der Waals surface area contributed by atoms with Gasteiger partial charge in [-0.3, -0.25) is 0 Å². The molecule has 0 aliphatic rings. The number of halogens is 2. The van der Waals surface area contributed by atoms with Gasteiger partial charge in [-0.15, -0.1) is 10.2 Å². The Bertz CT molecular complexity index is 508. The minimum atomic E-state index is -0.558. The summed E-state index contributed by atoms with van der Waals surface area (Å²) in [7, 11) is 0. The third kappa shape index (κ3) is 3.59. The summed E-state index contributed by atoms with van der Waals surface area (Å²) in [4.78, 5) is 0. The second-order valence-electron chi connectivity index (χ2n) is 3.92. The van der Waals surface area contributed by atoms with Crippen molar-refractivity contribution in [2.24, 2.45) is 0 Å². The molecule has 0 aliphatic carbocycles. The average Bonchev–Trinajstić information content (AvgIpc) is 2.69. The number of hydrogen-bond acceptors (Lipinski definition) is 4. The molecule has 96 valence electrons. The van der Waals surface area contributed by atoms with Crippen molar-refractivity contribution >= 4 is 0 Å². The zero-order valence-corrected chi connectivity index (χ0v) is 9.91. The van der Waals surface area contributed by atoms with E-state index in [1.54, 1.807) is 6.92 Å². The summed E-state index contributed by atoms with van der Waals surface area (Å²) in [5.74, 6) is -0.105. The molecule has 4 nitrogen and oxygen atoms in total. The molecule has 1 aromatic heterocycles. The fourth-order valence-electron chi connectivity index (χ4n) is 1.59. The molecule has 0 unspecified atom stereocenters. The smallest absolute Gasteiger partial charge is 0.230 e. The van der Waals surface area contributed by atoms with E-state index in [0.29, 0.717) is 36.9 Å². The van der Waals surface area contributed by atoms with Crippen LogP contribution in [0.4, 0.5) is 8.78 Å². The summed E-state index contributed by atoms with van der Waals surface area (Å²) in [6, 6.07) is 3.50. The van der Waals surface area contributed by atoms with Crippen molar-refractivity contribution in [2.45, 2.75) is 19.9 Å². The molecule has 2 rings (SSSR count). The van der Waals surface area contributed by atoms with E-state index in [4.69, 9.17) is 4.42 Å². The molecule has 0 radical (unpaired) electrons. The van der Waals surface area contributed by atoms with E-state index in [0.717, 1.165) is 6.07 Å². The van der Waals surface area contributed by atoms with E-state index in [9.17, 15) is 8.78 Å². The molecule has 1 heterocycles. The van der Waals surface area contributed by atoms with Crippen LogP contribution in [0.1, 0.15) is 17.3 Å². The Kier molecular flexibility index (Phi) is 3.99. The Hall–Kier alpha value is -1.82. The first-order chi connectivity index (χ1) is 8.63. The van der Waals surface area contributed by atoms with Crippen LogP contribution in [-0.2, 0) is 13.0 Å². The van der Waals surface area contributed by atoms with Crippen LogP contribution in [0, 0.1) is 18.6 Å².